The summed E-state index contributed by atoms with van der Waals surface area (Å²) in [5, 5.41) is 8.88. The highest BCUT2D eigenvalue weighted by Crippen LogP contribution is 2.17. The van der Waals surface area contributed by atoms with Gasteiger partial charge in [-0.25, -0.2) is 0 Å². The Hall–Kier alpha value is -2.57. The van der Waals surface area contributed by atoms with Crippen LogP contribution < -0.4 is 20.7 Å². The Bertz CT molecular complexity index is 742. The number of benzene rings is 2. The summed E-state index contributed by atoms with van der Waals surface area (Å²) in [6.07, 6.45) is 0.855. The molecule has 7 heteroatoms. The number of nitrogens with one attached hydrogen (secondary N) is 3. The number of ether oxygens (including phenoxy) is 1. The minimum absolute atomic E-state index is 0. The summed E-state index contributed by atoms with van der Waals surface area (Å²) in [6.45, 7) is 1.59. The van der Waals surface area contributed by atoms with E-state index in [9.17, 15) is 9.59 Å². The maximum absolute atomic E-state index is 12.3. The van der Waals surface area contributed by atoms with Crippen LogP contribution in [0.4, 0.5) is 11.4 Å². The van der Waals surface area contributed by atoms with Crippen molar-refractivity contribution in [3.63, 3.8) is 0 Å². The molecule has 1 fully saturated rings. The Labute approximate surface area is 158 Å². The van der Waals surface area contributed by atoms with Crippen LogP contribution in [0, 0.1) is 5.92 Å². The molecular weight excluding hydrogens is 354 g/mol. The van der Waals surface area contributed by atoms with Crippen molar-refractivity contribution in [3.8, 4) is 5.75 Å². The number of amides is 2. The normalized spacial score (nSPS) is 15.7. The molecule has 2 aromatic rings. The van der Waals surface area contributed by atoms with Crippen LogP contribution in [0.1, 0.15) is 16.8 Å². The van der Waals surface area contributed by atoms with Crippen molar-refractivity contribution in [1.82, 2.24) is 5.32 Å². The molecule has 0 spiro atoms. The zero-order chi connectivity index (χ0) is 17.6. The summed E-state index contributed by atoms with van der Waals surface area (Å²) in [4.78, 5) is 24.4. The van der Waals surface area contributed by atoms with Crippen LogP contribution in [0.25, 0.3) is 0 Å². The van der Waals surface area contributed by atoms with Crippen LogP contribution >= 0.6 is 12.4 Å². The van der Waals surface area contributed by atoms with E-state index in [1.165, 1.54) is 0 Å². The third-order valence-corrected chi connectivity index (χ3v) is 4.19. The van der Waals surface area contributed by atoms with Gasteiger partial charge in [0, 0.05) is 23.5 Å². The van der Waals surface area contributed by atoms with Crippen molar-refractivity contribution < 1.29 is 14.3 Å². The Balaban J connectivity index is 0.00000243. The van der Waals surface area contributed by atoms with E-state index in [0.717, 1.165) is 18.7 Å². The predicted octanol–water partition coefficient (Wildman–Crippen LogP) is 2.92. The molecule has 1 aliphatic rings. The molecule has 0 aliphatic carbocycles. The average Bonchev–Trinajstić information content (AvgIpc) is 3.18. The van der Waals surface area contributed by atoms with Crippen molar-refractivity contribution in [3.05, 3.63) is 54.1 Å². The number of rotatable bonds is 5. The molecule has 0 bridgehead atoms. The van der Waals surface area contributed by atoms with Gasteiger partial charge in [-0.15, -0.1) is 12.4 Å². The Kier molecular flexibility index (Phi) is 7.00. The molecule has 1 heterocycles. The van der Waals surface area contributed by atoms with E-state index in [1.54, 1.807) is 55.6 Å². The summed E-state index contributed by atoms with van der Waals surface area (Å²) < 4.78 is 5.09. The number of hydrogen-bond acceptors (Lipinski definition) is 4. The first-order valence-electron chi connectivity index (χ1n) is 8.23. The molecule has 1 saturated heterocycles. The van der Waals surface area contributed by atoms with Crippen LogP contribution in [0.15, 0.2) is 48.5 Å². The molecule has 3 rings (SSSR count). The summed E-state index contributed by atoms with van der Waals surface area (Å²) in [7, 11) is 1.59. The van der Waals surface area contributed by atoms with Gasteiger partial charge in [-0.3, -0.25) is 9.59 Å². The van der Waals surface area contributed by atoms with Gasteiger partial charge in [-0.2, -0.15) is 0 Å². The van der Waals surface area contributed by atoms with Crippen LogP contribution in [-0.2, 0) is 4.79 Å². The fourth-order valence-corrected chi connectivity index (χ4v) is 2.71. The number of anilines is 2. The second-order valence-corrected chi connectivity index (χ2v) is 5.94. The molecule has 6 nitrogen and oxygen atoms in total. The quantitative estimate of drug-likeness (QED) is 0.750. The lowest BCUT2D eigenvalue weighted by Crippen LogP contribution is -2.24. The maximum Gasteiger partial charge on any atom is 0.255 e. The second-order valence-electron chi connectivity index (χ2n) is 5.94. The minimum Gasteiger partial charge on any atom is -0.497 e. The number of carbonyl (C=O) groups excluding carboxylic acids is 2. The van der Waals surface area contributed by atoms with E-state index < -0.39 is 0 Å². The van der Waals surface area contributed by atoms with Gasteiger partial charge in [0.05, 0.1) is 13.0 Å². The number of halogens is 1. The van der Waals surface area contributed by atoms with Gasteiger partial charge >= 0.3 is 0 Å². The zero-order valence-corrected chi connectivity index (χ0v) is 15.3. The lowest BCUT2D eigenvalue weighted by Gasteiger charge is -2.10. The van der Waals surface area contributed by atoms with Gasteiger partial charge in [0.25, 0.3) is 5.91 Å². The molecular formula is C19H22ClN3O3. The van der Waals surface area contributed by atoms with E-state index in [2.05, 4.69) is 16.0 Å². The monoisotopic (exact) mass is 375 g/mol. The lowest BCUT2D eigenvalue weighted by molar-refractivity contribution is -0.119. The molecule has 2 amide bonds. The van der Waals surface area contributed by atoms with Crippen molar-refractivity contribution in [2.24, 2.45) is 5.92 Å². The highest BCUT2D eigenvalue weighted by atomic mass is 35.5. The van der Waals surface area contributed by atoms with Crippen molar-refractivity contribution >= 4 is 35.6 Å². The number of carbonyl (C=O) groups is 2. The van der Waals surface area contributed by atoms with Crippen LogP contribution in [0.2, 0.25) is 0 Å². The summed E-state index contributed by atoms with van der Waals surface area (Å²) >= 11 is 0. The summed E-state index contributed by atoms with van der Waals surface area (Å²) in [5.41, 5.74) is 1.91. The van der Waals surface area contributed by atoms with E-state index in [4.69, 9.17) is 4.74 Å². The predicted molar refractivity (Wildman–Crippen MR) is 104 cm³/mol. The lowest BCUT2D eigenvalue weighted by atomic mass is 10.1. The van der Waals surface area contributed by atoms with Crippen LogP contribution in [0.3, 0.4) is 0 Å². The molecule has 0 radical (unpaired) electrons. The molecule has 138 valence electrons. The van der Waals surface area contributed by atoms with Gasteiger partial charge in [-0.05, 0) is 61.5 Å². The molecule has 1 unspecified atom stereocenters. The van der Waals surface area contributed by atoms with E-state index in [1.807, 2.05) is 0 Å². The molecule has 26 heavy (non-hydrogen) atoms. The first-order chi connectivity index (χ1) is 12.2. The van der Waals surface area contributed by atoms with Crippen molar-refractivity contribution in [1.29, 1.82) is 0 Å². The SMILES string of the molecule is COc1ccc(NC(=O)c2ccc(NC(=O)C3CCNC3)cc2)cc1.Cl. The van der Waals surface area contributed by atoms with E-state index >= 15 is 0 Å². The van der Waals surface area contributed by atoms with E-state index in [-0.39, 0.29) is 30.1 Å². The Morgan fingerprint density at radius 2 is 1.62 bits per heavy atom. The number of hydrogen-bond donors (Lipinski definition) is 3. The molecule has 3 N–H and O–H groups in total. The van der Waals surface area contributed by atoms with Crippen molar-refractivity contribution in [2.45, 2.75) is 6.42 Å². The van der Waals surface area contributed by atoms with Crippen LogP contribution in [0.5, 0.6) is 5.75 Å². The topological polar surface area (TPSA) is 79.5 Å². The zero-order valence-electron chi connectivity index (χ0n) is 14.5. The largest absolute Gasteiger partial charge is 0.497 e. The van der Waals surface area contributed by atoms with Gasteiger partial charge in [-0.1, -0.05) is 0 Å². The number of methoxy groups -OCH3 is 1. The van der Waals surface area contributed by atoms with Gasteiger partial charge in [0.15, 0.2) is 0 Å². The average molecular weight is 376 g/mol. The Morgan fingerprint density at radius 3 is 2.19 bits per heavy atom. The highest BCUT2D eigenvalue weighted by Gasteiger charge is 2.22. The Morgan fingerprint density at radius 1 is 1.00 bits per heavy atom. The fraction of sp³-hybridized carbons (Fsp3) is 0.263. The molecule has 1 atom stereocenters. The third kappa shape index (κ3) is 4.97. The third-order valence-electron chi connectivity index (χ3n) is 4.19. The maximum atomic E-state index is 12.3. The smallest absolute Gasteiger partial charge is 0.255 e. The molecule has 0 saturated carbocycles. The van der Waals surface area contributed by atoms with Crippen molar-refractivity contribution in [2.75, 3.05) is 30.8 Å². The highest BCUT2D eigenvalue weighted by molar-refractivity contribution is 6.04. The van der Waals surface area contributed by atoms with Gasteiger partial charge in [0.2, 0.25) is 5.91 Å². The second kappa shape index (κ2) is 9.22. The molecule has 2 aromatic carbocycles. The van der Waals surface area contributed by atoms with Crippen LogP contribution in [-0.4, -0.2) is 32.0 Å². The first-order valence-corrected chi connectivity index (χ1v) is 8.23. The van der Waals surface area contributed by atoms with E-state index in [0.29, 0.717) is 23.5 Å². The summed E-state index contributed by atoms with van der Waals surface area (Å²) in [5.74, 6) is 0.553. The molecule has 0 aromatic heterocycles. The molecule has 1 aliphatic heterocycles. The standard InChI is InChI=1S/C19H21N3O3.ClH/c1-25-17-8-6-16(7-9-17)21-18(23)13-2-4-15(5-3-13)22-19(24)14-10-11-20-12-14;/h2-9,14,20H,10-12H2,1H3,(H,21,23)(H,22,24);1H. The minimum atomic E-state index is -0.206. The van der Waals surface area contributed by atoms with Gasteiger partial charge in [0.1, 0.15) is 5.75 Å². The fourth-order valence-electron chi connectivity index (χ4n) is 2.71. The van der Waals surface area contributed by atoms with Gasteiger partial charge < -0.3 is 20.7 Å². The summed E-state index contributed by atoms with van der Waals surface area (Å²) in [6, 6.07) is 14.0. The first kappa shape index (κ1) is 19.8.